The first-order chi connectivity index (χ1) is 9.06. The molecule has 0 bridgehead atoms. The Labute approximate surface area is 121 Å². The van der Waals surface area contributed by atoms with Crippen molar-refractivity contribution in [1.82, 2.24) is 0 Å². The summed E-state index contributed by atoms with van der Waals surface area (Å²) in [5.74, 6) is -0.123. The minimum absolute atomic E-state index is 0.00784. The van der Waals surface area contributed by atoms with Crippen LogP contribution in [0.1, 0.15) is 15.2 Å². The lowest BCUT2D eigenvalue weighted by atomic mass is 10.1. The van der Waals surface area contributed by atoms with E-state index in [1.807, 2.05) is 0 Å². The molecule has 0 atom stereocenters. The highest BCUT2D eigenvalue weighted by Gasteiger charge is 2.06. The van der Waals surface area contributed by atoms with Crippen molar-refractivity contribution in [2.75, 3.05) is 0 Å². The van der Waals surface area contributed by atoms with E-state index in [9.17, 15) is 14.9 Å². The second-order valence-electron chi connectivity index (χ2n) is 3.65. The molecule has 0 aliphatic carbocycles. The number of ketones is 1. The third kappa shape index (κ3) is 3.59. The van der Waals surface area contributed by atoms with Crippen LogP contribution in [0.5, 0.6) is 0 Å². The lowest BCUT2D eigenvalue weighted by Gasteiger charge is -1.94. The number of nitro benzene ring substituents is 1. The molecule has 0 fully saturated rings. The van der Waals surface area contributed by atoms with Gasteiger partial charge >= 0.3 is 0 Å². The monoisotopic (exact) mass is 337 g/mol. The van der Waals surface area contributed by atoms with E-state index in [0.717, 1.165) is 3.79 Å². The van der Waals surface area contributed by atoms with Crippen molar-refractivity contribution in [2.24, 2.45) is 0 Å². The van der Waals surface area contributed by atoms with Crippen LogP contribution in [-0.4, -0.2) is 10.7 Å². The van der Waals surface area contributed by atoms with Gasteiger partial charge in [-0.15, -0.1) is 11.3 Å². The molecule has 19 heavy (non-hydrogen) atoms. The van der Waals surface area contributed by atoms with Gasteiger partial charge in [0.25, 0.3) is 5.69 Å². The minimum atomic E-state index is -0.463. The summed E-state index contributed by atoms with van der Waals surface area (Å²) < 4.78 is 0.889. The van der Waals surface area contributed by atoms with Crippen LogP contribution in [0.15, 0.2) is 46.3 Å². The van der Waals surface area contributed by atoms with Crippen molar-refractivity contribution in [2.45, 2.75) is 0 Å². The number of carbonyl (C=O) groups is 1. The maximum Gasteiger partial charge on any atom is 0.270 e. The summed E-state index contributed by atoms with van der Waals surface area (Å²) in [7, 11) is 0. The molecular formula is C13H8BrNO3S. The average Bonchev–Trinajstić information content (AvgIpc) is 2.83. The van der Waals surface area contributed by atoms with E-state index < -0.39 is 4.92 Å². The summed E-state index contributed by atoms with van der Waals surface area (Å²) in [4.78, 5) is 22.6. The summed E-state index contributed by atoms with van der Waals surface area (Å²) in [6, 6.07) is 9.67. The topological polar surface area (TPSA) is 60.2 Å². The highest BCUT2D eigenvalue weighted by molar-refractivity contribution is 9.11. The lowest BCUT2D eigenvalue weighted by molar-refractivity contribution is -0.384. The first kappa shape index (κ1) is 13.6. The molecule has 0 saturated heterocycles. The zero-order chi connectivity index (χ0) is 13.8. The Bertz CT molecular complexity index is 663. The molecule has 0 radical (unpaired) electrons. The van der Waals surface area contributed by atoms with Crippen molar-refractivity contribution >= 4 is 44.8 Å². The van der Waals surface area contributed by atoms with E-state index in [4.69, 9.17) is 0 Å². The van der Waals surface area contributed by atoms with Crippen LogP contribution in [-0.2, 0) is 0 Å². The molecule has 1 aromatic heterocycles. The van der Waals surface area contributed by atoms with Crippen molar-refractivity contribution in [3.05, 3.63) is 66.8 Å². The van der Waals surface area contributed by atoms with Gasteiger partial charge in [0.05, 0.1) is 13.6 Å². The molecule has 0 aliphatic rings. The smallest absolute Gasteiger partial charge is 0.270 e. The van der Waals surface area contributed by atoms with Crippen LogP contribution in [0.25, 0.3) is 6.08 Å². The number of allylic oxidation sites excluding steroid dienone is 1. The second-order valence-corrected chi connectivity index (χ2v) is 6.12. The summed E-state index contributed by atoms with van der Waals surface area (Å²) in [5.41, 5.74) is 0.631. The van der Waals surface area contributed by atoms with Crippen LogP contribution in [0, 0.1) is 10.1 Å². The van der Waals surface area contributed by atoms with Crippen molar-refractivity contribution < 1.29 is 9.72 Å². The number of nitrogens with zero attached hydrogens (tertiary/aromatic N) is 1. The molecule has 0 unspecified atom stereocenters. The van der Waals surface area contributed by atoms with E-state index in [-0.39, 0.29) is 11.5 Å². The SMILES string of the molecule is O=C(/C=C/c1cccc([N+](=O)[O-])c1)c1ccc(Br)s1. The Morgan fingerprint density at radius 1 is 1.32 bits per heavy atom. The standard InChI is InChI=1S/C13H8BrNO3S/c14-13-7-6-12(19-13)11(16)5-4-9-2-1-3-10(8-9)15(17)18/h1-8H/b5-4+. The lowest BCUT2D eigenvalue weighted by Crippen LogP contribution is -1.90. The third-order valence-electron chi connectivity index (χ3n) is 2.32. The van der Waals surface area contributed by atoms with Crippen molar-refractivity contribution in [3.63, 3.8) is 0 Å². The van der Waals surface area contributed by atoms with E-state index in [1.54, 1.807) is 30.3 Å². The van der Waals surface area contributed by atoms with E-state index in [2.05, 4.69) is 15.9 Å². The molecule has 6 heteroatoms. The first-order valence-electron chi connectivity index (χ1n) is 5.28. The average molecular weight is 338 g/mol. The van der Waals surface area contributed by atoms with Gasteiger partial charge in [0.1, 0.15) is 0 Å². The zero-order valence-corrected chi connectivity index (χ0v) is 12.0. The Morgan fingerprint density at radius 3 is 2.74 bits per heavy atom. The number of halogens is 1. The van der Waals surface area contributed by atoms with Gasteiger partial charge in [-0.25, -0.2) is 0 Å². The highest BCUT2D eigenvalue weighted by Crippen LogP contribution is 2.23. The number of hydrogen-bond donors (Lipinski definition) is 0. The van der Waals surface area contributed by atoms with Crippen LogP contribution in [0.2, 0.25) is 0 Å². The molecule has 0 saturated carbocycles. The van der Waals surface area contributed by atoms with Gasteiger partial charge < -0.3 is 0 Å². The van der Waals surface area contributed by atoms with Gasteiger partial charge in [0, 0.05) is 12.1 Å². The molecular weight excluding hydrogens is 330 g/mol. The van der Waals surface area contributed by atoms with Crippen LogP contribution in [0.4, 0.5) is 5.69 Å². The predicted octanol–water partition coefficient (Wildman–Crippen LogP) is 4.31. The van der Waals surface area contributed by atoms with Crippen molar-refractivity contribution in [3.8, 4) is 0 Å². The van der Waals surface area contributed by atoms with E-state index in [0.29, 0.717) is 10.4 Å². The Morgan fingerprint density at radius 2 is 2.11 bits per heavy atom. The Balaban J connectivity index is 2.16. The molecule has 96 valence electrons. The Hall–Kier alpha value is -1.79. The van der Waals surface area contributed by atoms with Gasteiger partial charge in [0.15, 0.2) is 5.78 Å². The fourth-order valence-electron chi connectivity index (χ4n) is 1.44. The number of hydrogen-bond acceptors (Lipinski definition) is 4. The molecule has 4 nitrogen and oxygen atoms in total. The maximum absolute atomic E-state index is 11.8. The zero-order valence-electron chi connectivity index (χ0n) is 9.58. The molecule has 0 aliphatic heterocycles. The molecule has 2 aromatic rings. The van der Waals surface area contributed by atoms with Crippen LogP contribution >= 0.6 is 27.3 Å². The quantitative estimate of drug-likeness (QED) is 0.361. The van der Waals surface area contributed by atoms with Crippen molar-refractivity contribution in [1.29, 1.82) is 0 Å². The fraction of sp³-hybridized carbons (Fsp3) is 0. The van der Waals surface area contributed by atoms with Gasteiger partial charge in [-0.05, 0) is 39.7 Å². The normalized spacial score (nSPS) is 10.8. The summed E-state index contributed by atoms with van der Waals surface area (Å²) >= 11 is 4.64. The summed E-state index contributed by atoms with van der Waals surface area (Å²) in [6.07, 6.45) is 2.99. The molecule has 0 spiro atoms. The van der Waals surface area contributed by atoms with Crippen LogP contribution < -0.4 is 0 Å². The summed E-state index contributed by atoms with van der Waals surface area (Å²) in [5, 5.41) is 10.6. The fourth-order valence-corrected chi connectivity index (χ4v) is 2.75. The van der Waals surface area contributed by atoms with Crippen LogP contribution in [0.3, 0.4) is 0 Å². The van der Waals surface area contributed by atoms with Gasteiger partial charge in [-0.2, -0.15) is 0 Å². The predicted molar refractivity (Wildman–Crippen MR) is 78.5 cm³/mol. The molecule has 0 amide bonds. The third-order valence-corrected chi connectivity index (χ3v) is 3.96. The highest BCUT2D eigenvalue weighted by atomic mass is 79.9. The van der Waals surface area contributed by atoms with E-state index in [1.165, 1.54) is 29.5 Å². The minimum Gasteiger partial charge on any atom is -0.288 e. The Kier molecular flexibility index (Phi) is 4.24. The van der Waals surface area contributed by atoms with Gasteiger partial charge in [-0.3, -0.25) is 14.9 Å². The second kappa shape index (κ2) is 5.90. The molecule has 0 N–H and O–H groups in total. The van der Waals surface area contributed by atoms with Gasteiger partial charge in [-0.1, -0.05) is 18.2 Å². The number of non-ortho nitro benzene ring substituents is 1. The number of carbonyl (C=O) groups excluding carboxylic acids is 1. The number of thiophene rings is 1. The first-order valence-corrected chi connectivity index (χ1v) is 6.89. The number of nitro groups is 1. The largest absolute Gasteiger partial charge is 0.288 e. The number of benzene rings is 1. The number of rotatable bonds is 4. The summed E-state index contributed by atoms with van der Waals surface area (Å²) in [6.45, 7) is 0. The van der Waals surface area contributed by atoms with E-state index >= 15 is 0 Å². The van der Waals surface area contributed by atoms with Gasteiger partial charge in [0.2, 0.25) is 0 Å². The molecule has 1 heterocycles. The maximum atomic E-state index is 11.8. The molecule has 2 rings (SSSR count). The molecule has 1 aromatic carbocycles.